The van der Waals surface area contributed by atoms with E-state index < -0.39 is 0 Å². The molecule has 0 N–H and O–H groups in total. The third-order valence-corrected chi connectivity index (χ3v) is 7.63. The molecule has 1 fully saturated rings. The van der Waals surface area contributed by atoms with Crippen LogP contribution in [0.15, 0.2) is 36.5 Å². The van der Waals surface area contributed by atoms with Crippen LogP contribution in [0.1, 0.15) is 128 Å². The Morgan fingerprint density at radius 3 is 2.17 bits per heavy atom. The van der Waals surface area contributed by atoms with Gasteiger partial charge in [0.15, 0.2) is 5.82 Å². The molecule has 0 unspecified atom stereocenters. The molecule has 0 bridgehead atoms. The number of rotatable bonds is 19. The lowest BCUT2D eigenvalue weighted by Gasteiger charge is -2.12. The number of benzene rings is 1. The van der Waals surface area contributed by atoms with Crippen LogP contribution in [0, 0.1) is 5.92 Å². The van der Waals surface area contributed by atoms with E-state index in [9.17, 15) is 0 Å². The fraction of sp³-hybridized carbons (Fsp3) is 0.688. The lowest BCUT2D eigenvalue weighted by atomic mass is 9.99. The Morgan fingerprint density at radius 2 is 1.43 bits per heavy atom. The molecule has 0 spiro atoms. The molecule has 0 aliphatic heterocycles. The molecular weight excluding hydrogens is 428 g/mol. The standard InChI is InChI=1S/C32H50N2O/c1-2-3-4-5-6-7-10-14-25-30-27-33-31(29-23-15-12-16-24-29)34-32(30)35-26-19-11-8-9-13-20-28-21-17-18-22-28/h12,15-16,23-24,27-28H,2-11,13-14,17-22,25-26H2,1H3. The lowest BCUT2D eigenvalue weighted by Crippen LogP contribution is -2.05. The highest BCUT2D eigenvalue weighted by Crippen LogP contribution is 2.29. The summed E-state index contributed by atoms with van der Waals surface area (Å²) in [5.41, 5.74) is 2.23. The first-order valence-electron chi connectivity index (χ1n) is 14.9. The number of nitrogens with zero attached hydrogens (tertiary/aromatic N) is 2. The van der Waals surface area contributed by atoms with Gasteiger partial charge in [0.25, 0.3) is 0 Å². The molecule has 1 aromatic heterocycles. The van der Waals surface area contributed by atoms with E-state index in [-0.39, 0.29) is 0 Å². The number of unbranched alkanes of at least 4 members (excludes halogenated alkanes) is 11. The zero-order chi connectivity index (χ0) is 24.4. The van der Waals surface area contributed by atoms with Gasteiger partial charge >= 0.3 is 0 Å². The molecule has 1 saturated carbocycles. The molecule has 1 aliphatic rings. The van der Waals surface area contributed by atoms with E-state index in [0.29, 0.717) is 0 Å². The Labute approximate surface area is 215 Å². The summed E-state index contributed by atoms with van der Waals surface area (Å²) in [5, 5.41) is 0. The van der Waals surface area contributed by atoms with Gasteiger partial charge in [-0.15, -0.1) is 0 Å². The van der Waals surface area contributed by atoms with E-state index in [0.717, 1.165) is 42.6 Å². The van der Waals surface area contributed by atoms with Gasteiger partial charge < -0.3 is 4.74 Å². The van der Waals surface area contributed by atoms with Gasteiger partial charge in [0.1, 0.15) is 0 Å². The average molecular weight is 479 g/mol. The van der Waals surface area contributed by atoms with Crippen molar-refractivity contribution in [1.82, 2.24) is 9.97 Å². The molecule has 1 heterocycles. The smallest absolute Gasteiger partial charge is 0.220 e. The zero-order valence-corrected chi connectivity index (χ0v) is 22.5. The normalized spacial score (nSPS) is 14.0. The van der Waals surface area contributed by atoms with Crippen LogP contribution in [0.5, 0.6) is 5.88 Å². The van der Waals surface area contributed by atoms with Crippen molar-refractivity contribution in [3.05, 3.63) is 42.1 Å². The minimum absolute atomic E-state index is 0.762. The second-order valence-electron chi connectivity index (χ2n) is 10.7. The molecule has 3 rings (SSSR count). The Hall–Kier alpha value is -1.90. The van der Waals surface area contributed by atoms with Crippen molar-refractivity contribution >= 4 is 0 Å². The number of aryl methyl sites for hydroxylation is 1. The molecule has 35 heavy (non-hydrogen) atoms. The maximum Gasteiger partial charge on any atom is 0.220 e. The van der Waals surface area contributed by atoms with Crippen molar-refractivity contribution in [2.75, 3.05) is 6.61 Å². The van der Waals surface area contributed by atoms with Crippen molar-refractivity contribution in [1.29, 1.82) is 0 Å². The highest BCUT2D eigenvalue weighted by molar-refractivity contribution is 5.55. The van der Waals surface area contributed by atoms with Crippen molar-refractivity contribution < 1.29 is 4.74 Å². The molecular formula is C32H50N2O. The van der Waals surface area contributed by atoms with Gasteiger partial charge in [-0.3, -0.25) is 0 Å². The summed E-state index contributed by atoms with van der Waals surface area (Å²) in [6, 6.07) is 10.3. The van der Waals surface area contributed by atoms with Gasteiger partial charge in [-0.25, -0.2) is 4.98 Å². The minimum Gasteiger partial charge on any atom is -0.477 e. The Bertz CT molecular complexity index is 785. The highest BCUT2D eigenvalue weighted by atomic mass is 16.5. The van der Waals surface area contributed by atoms with E-state index in [1.54, 1.807) is 0 Å². The predicted molar refractivity (Wildman–Crippen MR) is 149 cm³/mol. The quantitative estimate of drug-likeness (QED) is 0.188. The van der Waals surface area contributed by atoms with E-state index in [1.807, 2.05) is 24.4 Å². The van der Waals surface area contributed by atoms with Crippen LogP contribution in [0.3, 0.4) is 0 Å². The van der Waals surface area contributed by atoms with Crippen molar-refractivity contribution in [3.63, 3.8) is 0 Å². The first-order chi connectivity index (χ1) is 17.4. The third-order valence-electron chi connectivity index (χ3n) is 7.63. The van der Waals surface area contributed by atoms with Gasteiger partial charge in [-0.05, 0) is 25.2 Å². The Morgan fingerprint density at radius 1 is 0.771 bits per heavy atom. The molecule has 0 atom stereocenters. The zero-order valence-electron chi connectivity index (χ0n) is 22.5. The first kappa shape index (κ1) is 27.7. The monoisotopic (exact) mass is 478 g/mol. The van der Waals surface area contributed by atoms with Crippen molar-refractivity contribution in [3.8, 4) is 17.3 Å². The van der Waals surface area contributed by atoms with E-state index in [4.69, 9.17) is 9.72 Å². The molecule has 3 heteroatoms. The van der Waals surface area contributed by atoms with Crippen LogP contribution in [-0.4, -0.2) is 16.6 Å². The number of hydrogen-bond donors (Lipinski definition) is 0. The van der Waals surface area contributed by atoms with Crippen LogP contribution in [0.25, 0.3) is 11.4 Å². The average Bonchev–Trinajstić information content (AvgIpc) is 3.42. The first-order valence-corrected chi connectivity index (χ1v) is 14.9. The van der Waals surface area contributed by atoms with Crippen molar-refractivity contribution in [2.24, 2.45) is 5.92 Å². The summed E-state index contributed by atoms with van der Waals surface area (Å²) >= 11 is 0. The third kappa shape index (κ3) is 11.1. The van der Waals surface area contributed by atoms with E-state index in [2.05, 4.69) is 24.0 Å². The summed E-state index contributed by atoms with van der Waals surface area (Å²) in [6.07, 6.45) is 27.6. The number of hydrogen-bond acceptors (Lipinski definition) is 3. The van der Waals surface area contributed by atoms with Gasteiger partial charge in [0.2, 0.25) is 5.88 Å². The minimum atomic E-state index is 0.762. The van der Waals surface area contributed by atoms with Gasteiger partial charge in [0, 0.05) is 17.3 Å². The van der Waals surface area contributed by atoms with Crippen LogP contribution in [-0.2, 0) is 6.42 Å². The molecule has 3 nitrogen and oxygen atoms in total. The van der Waals surface area contributed by atoms with E-state index >= 15 is 0 Å². The Balaban J connectivity index is 1.40. The second-order valence-corrected chi connectivity index (χ2v) is 10.7. The number of ether oxygens (including phenoxy) is 1. The van der Waals surface area contributed by atoms with Crippen LogP contribution < -0.4 is 4.74 Å². The topological polar surface area (TPSA) is 35.0 Å². The predicted octanol–water partition coefficient (Wildman–Crippen LogP) is 9.74. The largest absolute Gasteiger partial charge is 0.477 e. The van der Waals surface area contributed by atoms with Gasteiger partial charge in [0.05, 0.1) is 6.61 Å². The van der Waals surface area contributed by atoms with E-state index in [1.165, 1.54) is 115 Å². The SMILES string of the molecule is CCCCCCCCCCc1cnc(-c2ccccc2)nc1OCCCCCCCC1CCCC1. The maximum atomic E-state index is 6.26. The molecule has 194 valence electrons. The summed E-state index contributed by atoms with van der Waals surface area (Å²) in [5.74, 6) is 2.62. The summed E-state index contributed by atoms with van der Waals surface area (Å²) in [7, 11) is 0. The van der Waals surface area contributed by atoms with Gasteiger partial charge in [-0.1, -0.05) is 140 Å². The maximum absolute atomic E-state index is 6.26. The Kier molecular flexibility index (Phi) is 13.9. The fourth-order valence-electron chi connectivity index (χ4n) is 5.40. The molecule has 1 aromatic carbocycles. The van der Waals surface area contributed by atoms with Crippen LogP contribution in [0.4, 0.5) is 0 Å². The molecule has 0 radical (unpaired) electrons. The van der Waals surface area contributed by atoms with Crippen molar-refractivity contribution in [2.45, 2.75) is 129 Å². The summed E-state index contributed by atoms with van der Waals surface area (Å²) < 4.78 is 6.26. The molecule has 0 saturated heterocycles. The summed E-state index contributed by atoms with van der Waals surface area (Å²) in [6.45, 7) is 3.04. The highest BCUT2D eigenvalue weighted by Gasteiger charge is 2.14. The lowest BCUT2D eigenvalue weighted by molar-refractivity contribution is 0.289. The molecule has 0 amide bonds. The summed E-state index contributed by atoms with van der Waals surface area (Å²) in [4.78, 5) is 9.53. The van der Waals surface area contributed by atoms with Crippen LogP contribution in [0.2, 0.25) is 0 Å². The van der Waals surface area contributed by atoms with Crippen LogP contribution >= 0.6 is 0 Å². The molecule has 1 aliphatic carbocycles. The van der Waals surface area contributed by atoms with Gasteiger partial charge in [-0.2, -0.15) is 4.98 Å². The fourth-order valence-corrected chi connectivity index (χ4v) is 5.40. The molecule has 2 aromatic rings. The second kappa shape index (κ2) is 17.5. The number of aromatic nitrogens is 2.